The molecule has 0 spiro atoms. The number of thiazole rings is 1. The molecular weight excluding hydrogens is 270 g/mol. The predicted molar refractivity (Wildman–Crippen MR) is 84.7 cm³/mol. The number of hydrogen-bond acceptors (Lipinski definition) is 5. The van der Waals surface area contributed by atoms with Gasteiger partial charge in [0.2, 0.25) is 0 Å². The first-order valence-corrected chi connectivity index (χ1v) is 7.43. The van der Waals surface area contributed by atoms with Gasteiger partial charge in [-0.3, -0.25) is 0 Å². The molecule has 1 aromatic carbocycles. The predicted octanol–water partition coefficient (Wildman–Crippen LogP) is 3.07. The van der Waals surface area contributed by atoms with E-state index < -0.39 is 0 Å². The van der Waals surface area contributed by atoms with Gasteiger partial charge < -0.3 is 15.0 Å². The number of benzene rings is 1. The number of nitrogens with one attached hydrogen (secondary N) is 1. The van der Waals surface area contributed by atoms with Crippen molar-refractivity contribution >= 4 is 16.5 Å². The largest absolute Gasteiger partial charge is 0.496 e. The van der Waals surface area contributed by atoms with E-state index >= 15 is 0 Å². The molecule has 0 aliphatic rings. The number of rotatable bonds is 6. The summed E-state index contributed by atoms with van der Waals surface area (Å²) in [5, 5.41) is 4.25. The molecule has 1 aromatic heterocycles. The van der Waals surface area contributed by atoms with Crippen molar-refractivity contribution < 1.29 is 4.74 Å². The molecule has 0 aliphatic carbocycles. The van der Waals surface area contributed by atoms with Gasteiger partial charge in [-0.2, -0.15) is 0 Å². The molecule has 5 heteroatoms. The minimum atomic E-state index is 0.334. The number of methoxy groups -OCH3 is 1. The fraction of sp³-hybridized carbons (Fsp3) is 0.400. The summed E-state index contributed by atoms with van der Waals surface area (Å²) >= 11 is 1.72. The van der Waals surface area contributed by atoms with Crippen LogP contribution in [0.3, 0.4) is 0 Å². The summed E-state index contributed by atoms with van der Waals surface area (Å²) < 4.78 is 5.39. The van der Waals surface area contributed by atoms with Crippen LogP contribution in [0.5, 0.6) is 5.75 Å². The van der Waals surface area contributed by atoms with E-state index in [1.54, 1.807) is 18.4 Å². The monoisotopic (exact) mass is 291 g/mol. The smallest absolute Gasteiger partial charge is 0.185 e. The summed E-state index contributed by atoms with van der Waals surface area (Å²) in [5.41, 5.74) is 1.16. The molecule has 0 aliphatic heterocycles. The van der Waals surface area contributed by atoms with Crippen LogP contribution in [0.4, 0.5) is 5.13 Å². The topological polar surface area (TPSA) is 37.4 Å². The van der Waals surface area contributed by atoms with Crippen molar-refractivity contribution in [3.63, 3.8) is 0 Å². The van der Waals surface area contributed by atoms with Gasteiger partial charge in [0, 0.05) is 36.3 Å². The van der Waals surface area contributed by atoms with Crippen molar-refractivity contribution in [2.45, 2.75) is 19.5 Å². The van der Waals surface area contributed by atoms with Crippen molar-refractivity contribution in [2.24, 2.45) is 0 Å². The lowest BCUT2D eigenvalue weighted by Crippen LogP contribution is -2.16. The second-order valence-electron chi connectivity index (χ2n) is 4.72. The number of para-hydroxylation sites is 1. The lowest BCUT2D eigenvalue weighted by atomic mass is 10.2. The Kier molecular flexibility index (Phi) is 4.98. The highest BCUT2D eigenvalue weighted by atomic mass is 32.1. The third kappa shape index (κ3) is 3.29. The van der Waals surface area contributed by atoms with Gasteiger partial charge in [-0.25, -0.2) is 4.98 Å². The van der Waals surface area contributed by atoms with Crippen LogP contribution >= 0.6 is 11.3 Å². The molecule has 0 fully saturated rings. The highest BCUT2D eigenvalue weighted by Gasteiger charge is 2.12. The van der Waals surface area contributed by atoms with E-state index in [4.69, 9.17) is 4.74 Å². The Balaban J connectivity index is 2.11. The molecular formula is C15H21N3OS. The van der Waals surface area contributed by atoms with E-state index in [1.165, 1.54) is 4.88 Å². The van der Waals surface area contributed by atoms with Gasteiger partial charge in [-0.1, -0.05) is 18.2 Å². The van der Waals surface area contributed by atoms with E-state index in [2.05, 4.69) is 35.2 Å². The summed E-state index contributed by atoms with van der Waals surface area (Å²) in [6.07, 6.45) is 1.94. The molecule has 0 saturated carbocycles. The van der Waals surface area contributed by atoms with Crippen LogP contribution in [-0.4, -0.2) is 26.2 Å². The highest BCUT2D eigenvalue weighted by Crippen LogP contribution is 2.28. The second-order valence-corrected chi connectivity index (χ2v) is 5.76. The average Bonchev–Trinajstić information content (AvgIpc) is 2.97. The zero-order chi connectivity index (χ0) is 14.5. The summed E-state index contributed by atoms with van der Waals surface area (Å²) in [4.78, 5) is 7.89. The minimum absolute atomic E-state index is 0.334. The molecule has 1 atom stereocenters. The normalized spacial score (nSPS) is 12.2. The number of nitrogens with zero attached hydrogens (tertiary/aromatic N) is 2. The first-order valence-electron chi connectivity index (χ1n) is 6.61. The number of anilines is 1. The Bertz CT molecular complexity index is 556. The lowest BCUT2D eigenvalue weighted by Gasteiger charge is -2.17. The van der Waals surface area contributed by atoms with Crippen molar-refractivity contribution in [1.82, 2.24) is 10.3 Å². The average molecular weight is 291 g/mol. The van der Waals surface area contributed by atoms with Gasteiger partial charge in [0.25, 0.3) is 0 Å². The van der Waals surface area contributed by atoms with Crippen LogP contribution in [0.25, 0.3) is 0 Å². The molecule has 1 heterocycles. The molecule has 0 radical (unpaired) electrons. The number of ether oxygens (including phenoxy) is 1. The second kappa shape index (κ2) is 6.72. The Morgan fingerprint density at radius 2 is 2.15 bits per heavy atom. The van der Waals surface area contributed by atoms with Gasteiger partial charge in [-0.15, -0.1) is 11.3 Å². The standard InChI is InChI=1S/C15H21N3OS/c1-11(16-2)14-9-17-15(20-14)18(3)10-12-7-5-6-8-13(12)19-4/h5-9,11,16H,10H2,1-4H3. The van der Waals surface area contributed by atoms with Crippen LogP contribution in [0.15, 0.2) is 30.5 Å². The van der Waals surface area contributed by atoms with E-state index in [0.29, 0.717) is 6.04 Å². The molecule has 4 nitrogen and oxygen atoms in total. The Morgan fingerprint density at radius 1 is 1.40 bits per heavy atom. The number of aromatic nitrogens is 1. The third-order valence-corrected chi connectivity index (χ3v) is 4.59. The van der Waals surface area contributed by atoms with Crippen molar-refractivity contribution in [3.8, 4) is 5.75 Å². The number of hydrogen-bond donors (Lipinski definition) is 1. The summed E-state index contributed by atoms with van der Waals surface area (Å²) in [6.45, 7) is 2.92. The lowest BCUT2D eigenvalue weighted by molar-refractivity contribution is 0.409. The minimum Gasteiger partial charge on any atom is -0.496 e. The van der Waals surface area contributed by atoms with E-state index in [9.17, 15) is 0 Å². The molecule has 108 valence electrons. The molecule has 0 saturated heterocycles. The van der Waals surface area contributed by atoms with E-state index in [-0.39, 0.29) is 0 Å². The zero-order valence-electron chi connectivity index (χ0n) is 12.4. The van der Waals surface area contributed by atoms with Crippen LogP contribution in [0.2, 0.25) is 0 Å². The van der Waals surface area contributed by atoms with E-state index in [1.807, 2.05) is 31.4 Å². The van der Waals surface area contributed by atoms with Gasteiger partial charge in [-0.05, 0) is 20.0 Å². The van der Waals surface area contributed by atoms with Crippen molar-refractivity contribution in [1.29, 1.82) is 0 Å². The molecule has 2 aromatic rings. The fourth-order valence-electron chi connectivity index (χ4n) is 1.95. The Morgan fingerprint density at radius 3 is 2.85 bits per heavy atom. The first kappa shape index (κ1) is 14.8. The molecule has 20 heavy (non-hydrogen) atoms. The van der Waals surface area contributed by atoms with Gasteiger partial charge in [0.1, 0.15) is 5.75 Å². The molecule has 0 amide bonds. The summed E-state index contributed by atoms with van der Waals surface area (Å²) in [5.74, 6) is 0.916. The maximum Gasteiger partial charge on any atom is 0.185 e. The Hall–Kier alpha value is -1.59. The Labute approximate surface area is 124 Å². The van der Waals surface area contributed by atoms with Crippen molar-refractivity contribution in [3.05, 3.63) is 40.9 Å². The van der Waals surface area contributed by atoms with Gasteiger partial charge in [0.05, 0.1) is 7.11 Å². The van der Waals surface area contributed by atoms with Gasteiger partial charge in [0.15, 0.2) is 5.13 Å². The SMILES string of the molecule is CNC(C)c1cnc(N(C)Cc2ccccc2OC)s1. The summed E-state index contributed by atoms with van der Waals surface area (Å²) in [7, 11) is 5.72. The summed E-state index contributed by atoms with van der Waals surface area (Å²) in [6, 6.07) is 8.42. The molecule has 1 unspecified atom stereocenters. The van der Waals surface area contributed by atoms with Crippen LogP contribution in [-0.2, 0) is 6.54 Å². The molecule has 1 N–H and O–H groups in total. The fourth-order valence-corrected chi connectivity index (χ4v) is 2.89. The maximum atomic E-state index is 5.39. The maximum absolute atomic E-state index is 5.39. The van der Waals surface area contributed by atoms with Gasteiger partial charge >= 0.3 is 0 Å². The van der Waals surface area contributed by atoms with Crippen LogP contribution in [0, 0.1) is 0 Å². The van der Waals surface area contributed by atoms with Crippen LogP contribution < -0.4 is 15.0 Å². The quantitative estimate of drug-likeness (QED) is 0.887. The van der Waals surface area contributed by atoms with Crippen LogP contribution in [0.1, 0.15) is 23.4 Å². The highest BCUT2D eigenvalue weighted by molar-refractivity contribution is 7.15. The zero-order valence-corrected chi connectivity index (χ0v) is 13.2. The van der Waals surface area contributed by atoms with Crippen molar-refractivity contribution in [2.75, 3.05) is 26.1 Å². The molecule has 0 bridgehead atoms. The van der Waals surface area contributed by atoms with E-state index in [0.717, 1.165) is 23.0 Å². The molecule has 2 rings (SSSR count). The first-order chi connectivity index (χ1) is 9.65. The third-order valence-electron chi connectivity index (χ3n) is 3.30.